The van der Waals surface area contributed by atoms with E-state index >= 15 is 0 Å². The lowest BCUT2D eigenvalue weighted by Crippen LogP contribution is -1.97. The molecule has 0 aliphatic rings. The standard InChI is InChI=1S/C8H13N3O/c1-6(2)3-4-8(12)7-5-9-11-10-7/h5,8,12H,1,3-4H2,2H3,(H,9,10,11). The average molecular weight is 167 g/mol. The molecule has 66 valence electrons. The smallest absolute Gasteiger partial charge is 0.111 e. The first-order valence-electron chi connectivity index (χ1n) is 3.88. The second kappa shape index (κ2) is 4.01. The fraction of sp³-hybridized carbons (Fsp3) is 0.500. The number of aromatic nitrogens is 3. The average Bonchev–Trinajstić information content (AvgIpc) is 2.51. The number of nitrogens with one attached hydrogen (secondary N) is 1. The molecule has 1 atom stereocenters. The van der Waals surface area contributed by atoms with E-state index in [9.17, 15) is 5.11 Å². The van der Waals surface area contributed by atoms with Crippen molar-refractivity contribution in [3.63, 3.8) is 0 Å². The SMILES string of the molecule is C=C(C)CCC(O)c1cn[nH]n1. The Morgan fingerprint density at radius 1 is 1.83 bits per heavy atom. The highest BCUT2D eigenvalue weighted by Gasteiger charge is 2.09. The Morgan fingerprint density at radius 3 is 3.08 bits per heavy atom. The number of nitrogens with zero attached hydrogens (tertiary/aromatic N) is 2. The molecular formula is C8H13N3O. The van der Waals surface area contributed by atoms with Crippen molar-refractivity contribution in [2.24, 2.45) is 0 Å². The molecular weight excluding hydrogens is 154 g/mol. The van der Waals surface area contributed by atoms with Crippen LogP contribution >= 0.6 is 0 Å². The zero-order valence-corrected chi connectivity index (χ0v) is 7.12. The first-order valence-corrected chi connectivity index (χ1v) is 3.88. The van der Waals surface area contributed by atoms with Crippen molar-refractivity contribution in [2.45, 2.75) is 25.9 Å². The summed E-state index contributed by atoms with van der Waals surface area (Å²) in [6, 6.07) is 0. The summed E-state index contributed by atoms with van der Waals surface area (Å²) in [5.74, 6) is 0. The van der Waals surface area contributed by atoms with E-state index in [1.165, 1.54) is 6.20 Å². The predicted octanol–water partition coefficient (Wildman–Crippen LogP) is 1.19. The first kappa shape index (κ1) is 8.93. The number of aliphatic hydroxyl groups excluding tert-OH is 1. The van der Waals surface area contributed by atoms with Gasteiger partial charge in [-0.1, -0.05) is 5.57 Å². The largest absolute Gasteiger partial charge is 0.387 e. The van der Waals surface area contributed by atoms with Gasteiger partial charge < -0.3 is 5.11 Å². The van der Waals surface area contributed by atoms with Gasteiger partial charge in [0.2, 0.25) is 0 Å². The fourth-order valence-electron chi connectivity index (χ4n) is 0.902. The van der Waals surface area contributed by atoms with E-state index in [2.05, 4.69) is 22.0 Å². The lowest BCUT2D eigenvalue weighted by atomic mass is 10.1. The second-order valence-electron chi connectivity index (χ2n) is 2.91. The molecule has 1 aromatic heterocycles. The summed E-state index contributed by atoms with van der Waals surface area (Å²) >= 11 is 0. The van der Waals surface area contributed by atoms with Crippen LogP contribution in [0.2, 0.25) is 0 Å². The molecule has 0 bridgehead atoms. The molecule has 1 aromatic rings. The Hall–Kier alpha value is -1.16. The third-order valence-corrected chi connectivity index (χ3v) is 1.62. The summed E-state index contributed by atoms with van der Waals surface area (Å²) in [6.45, 7) is 5.69. The van der Waals surface area contributed by atoms with Gasteiger partial charge in [-0.25, -0.2) is 0 Å². The van der Waals surface area contributed by atoms with Crippen LogP contribution < -0.4 is 0 Å². The van der Waals surface area contributed by atoms with E-state index in [4.69, 9.17) is 0 Å². The summed E-state index contributed by atoms with van der Waals surface area (Å²) < 4.78 is 0. The summed E-state index contributed by atoms with van der Waals surface area (Å²) in [4.78, 5) is 0. The Labute approximate surface area is 71.3 Å². The van der Waals surface area contributed by atoms with Crippen LogP contribution in [0.1, 0.15) is 31.6 Å². The number of allylic oxidation sites excluding steroid dienone is 1. The molecule has 2 N–H and O–H groups in total. The summed E-state index contributed by atoms with van der Waals surface area (Å²) in [5, 5.41) is 19.3. The van der Waals surface area contributed by atoms with Crippen LogP contribution in [-0.2, 0) is 0 Å². The predicted molar refractivity (Wildman–Crippen MR) is 45.4 cm³/mol. The molecule has 0 saturated carbocycles. The zero-order chi connectivity index (χ0) is 8.97. The number of H-pyrrole nitrogens is 1. The molecule has 12 heavy (non-hydrogen) atoms. The Morgan fingerprint density at radius 2 is 2.58 bits per heavy atom. The van der Waals surface area contributed by atoms with Crippen LogP contribution in [0.4, 0.5) is 0 Å². The maximum Gasteiger partial charge on any atom is 0.111 e. The third kappa shape index (κ3) is 2.47. The van der Waals surface area contributed by atoms with Gasteiger partial charge in [-0.2, -0.15) is 15.4 Å². The van der Waals surface area contributed by atoms with Crippen molar-refractivity contribution in [1.29, 1.82) is 0 Å². The van der Waals surface area contributed by atoms with Gasteiger partial charge in [0, 0.05) is 0 Å². The molecule has 1 unspecified atom stereocenters. The molecule has 1 rings (SSSR count). The summed E-state index contributed by atoms with van der Waals surface area (Å²) in [7, 11) is 0. The molecule has 0 spiro atoms. The lowest BCUT2D eigenvalue weighted by Gasteiger charge is -2.05. The minimum atomic E-state index is -0.527. The number of hydrogen-bond acceptors (Lipinski definition) is 3. The van der Waals surface area contributed by atoms with Crippen molar-refractivity contribution in [3.05, 3.63) is 24.0 Å². The third-order valence-electron chi connectivity index (χ3n) is 1.62. The number of rotatable bonds is 4. The molecule has 4 nitrogen and oxygen atoms in total. The van der Waals surface area contributed by atoms with Crippen molar-refractivity contribution >= 4 is 0 Å². The highest BCUT2D eigenvalue weighted by atomic mass is 16.3. The van der Waals surface area contributed by atoms with Gasteiger partial charge in [0.25, 0.3) is 0 Å². The second-order valence-corrected chi connectivity index (χ2v) is 2.91. The van der Waals surface area contributed by atoms with E-state index < -0.39 is 6.10 Å². The first-order chi connectivity index (χ1) is 5.70. The molecule has 0 amide bonds. The Bertz CT molecular complexity index is 243. The molecule has 0 aromatic carbocycles. The Balaban J connectivity index is 2.39. The van der Waals surface area contributed by atoms with E-state index in [1.54, 1.807) is 0 Å². The van der Waals surface area contributed by atoms with Crippen molar-refractivity contribution in [3.8, 4) is 0 Å². The van der Waals surface area contributed by atoms with Gasteiger partial charge in [-0.3, -0.25) is 0 Å². The summed E-state index contributed by atoms with van der Waals surface area (Å²) in [6.07, 6.45) is 2.47. The normalized spacial score (nSPS) is 12.8. The maximum atomic E-state index is 9.49. The number of hydrogen-bond donors (Lipinski definition) is 2. The molecule has 1 heterocycles. The van der Waals surface area contributed by atoms with Gasteiger partial charge in [0.05, 0.1) is 12.3 Å². The quantitative estimate of drug-likeness (QED) is 0.662. The van der Waals surface area contributed by atoms with Gasteiger partial charge in [-0.15, -0.1) is 6.58 Å². The molecule has 0 fully saturated rings. The highest BCUT2D eigenvalue weighted by molar-refractivity contribution is 4.98. The van der Waals surface area contributed by atoms with E-state index in [0.29, 0.717) is 12.1 Å². The van der Waals surface area contributed by atoms with Gasteiger partial charge in [0.15, 0.2) is 0 Å². The van der Waals surface area contributed by atoms with Gasteiger partial charge in [-0.05, 0) is 19.8 Å². The van der Waals surface area contributed by atoms with E-state index in [0.717, 1.165) is 12.0 Å². The Kier molecular flexibility index (Phi) is 2.99. The monoisotopic (exact) mass is 167 g/mol. The molecule has 0 radical (unpaired) electrons. The summed E-state index contributed by atoms with van der Waals surface area (Å²) in [5.41, 5.74) is 1.66. The maximum absolute atomic E-state index is 9.49. The van der Waals surface area contributed by atoms with Crippen LogP contribution in [0, 0.1) is 0 Å². The molecule has 0 saturated heterocycles. The topological polar surface area (TPSA) is 61.8 Å². The highest BCUT2D eigenvalue weighted by Crippen LogP contribution is 2.16. The van der Waals surface area contributed by atoms with E-state index in [-0.39, 0.29) is 0 Å². The minimum absolute atomic E-state index is 0.527. The van der Waals surface area contributed by atoms with Crippen LogP contribution in [0.15, 0.2) is 18.3 Å². The van der Waals surface area contributed by atoms with Crippen LogP contribution in [0.5, 0.6) is 0 Å². The molecule has 0 aliphatic heterocycles. The number of aliphatic hydroxyl groups is 1. The van der Waals surface area contributed by atoms with Crippen LogP contribution in [0.25, 0.3) is 0 Å². The number of aromatic amines is 1. The van der Waals surface area contributed by atoms with Crippen LogP contribution in [-0.4, -0.2) is 20.5 Å². The van der Waals surface area contributed by atoms with Gasteiger partial charge in [0.1, 0.15) is 5.69 Å². The van der Waals surface area contributed by atoms with Gasteiger partial charge >= 0.3 is 0 Å². The molecule has 0 aliphatic carbocycles. The van der Waals surface area contributed by atoms with Crippen molar-refractivity contribution in [2.75, 3.05) is 0 Å². The zero-order valence-electron chi connectivity index (χ0n) is 7.12. The van der Waals surface area contributed by atoms with Crippen LogP contribution in [0.3, 0.4) is 0 Å². The molecule has 4 heteroatoms. The van der Waals surface area contributed by atoms with Crippen molar-refractivity contribution in [1.82, 2.24) is 15.4 Å². The minimum Gasteiger partial charge on any atom is -0.387 e. The lowest BCUT2D eigenvalue weighted by molar-refractivity contribution is 0.163. The fourth-order valence-corrected chi connectivity index (χ4v) is 0.902. The van der Waals surface area contributed by atoms with E-state index in [1.807, 2.05) is 6.92 Å². The van der Waals surface area contributed by atoms with Crippen molar-refractivity contribution < 1.29 is 5.11 Å².